The topological polar surface area (TPSA) is 73.0 Å². The molecule has 0 bridgehead atoms. The fraction of sp³-hybridized carbons (Fsp3) is 0.400. The Labute approximate surface area is 128 Å². The van der Waals surface area contributed by atoms with Gasteiger partial charge in [0.1, 0.15) is 6.54 Å². The van der Waals surface area contributed by atoms with Crippen molar-refractivity contribution in [1.29, 1.82) is 0 Å². The molecule has 0 aromatic heterocycles. The highest BCUT2D eigenvalue weighted by molar-refractivity contribution is 6.20. The summed E-state index contributed by atoms with van der Waals surface area (Å²) in [5.41, 5.74) is 1.19. The summed E-state index contributed by atoms with van der Waals surface area (Å²) in [4.78, 5) is 40.5. The van der Waals surface area contributed by atoms with Crippen LogP contribution in [0, 0.1) is 0 Å². The van der Waals surface area contributed by atoms with Gasteiger partial charge in [-0.05, 0) is 31.5 Å². The van der Waals surface area contributed by atoms with Gasteiger partial charge in [0.2, 0.25) is 0 Å². The molecule has 2 fully saturated rings. The van der Waals surface area contributed by atoms with E-state index < -0.39 is 0 Å². The quantitative estimate of drug-likeness (QED) is 0.858. The maximum atomic E-state index is 12.2. The molecule has 2 heterocycles. The molecule has 3 rings (SSSR count). The molecule has 2 saturated heterocycles. The van der Waals surface area contributed by atoms with Gasteiger partial charge in [-0.1, -0.05) is 6.07 Å². The molecule has 2 aliphatic heterocycles. The summed E-state index contributed by atoms with van der Waals surface area (Å²) in [6, 6.07) is 6.50. The second kappa shape index (κ2) is 5.67. The molecule has 1 aromatic rings. The summed E-state index contributed by atoms with van der Waals surface area (Å²) < 4.78 is 0. The number of rotatable bonds is 3. The SMILES string of the molecule is CCN1CC(=O)N(c2cccc(N3CCCNC3=O)c2)C1=O. The second-order valence-corrected chi connectivity index (χ2v) is 5.28. The van der Waals surface area contributed by atoms with Gasteiger partial charge < -0.3 is 10.2 Å². The largest absolute Gasteiger partial charge is 0.338 e. The molecule has 0 radical (unpaired) electrons. The zero-order valence-electron chi connectivity index (χ0n) is 12.4. The first-order chi connectivity index (χ1) is 10.6. The third kappa shape index (κ3) is 2.38. The molecule has 1 N–H and O–H groups in total. The van der Waals surface area contributed by atoms with Crippen LogP contribution in [0.4, 0.5) is 21.0 Å². The van der Waals surface area contributed by atoms with Gasteiger partial charge in [0.05, 0.1) is 5.69 Å². The summed E-state index contributed by atoms with van der Waals surface area (Å²) in [6.45, 7) is 3.73. The maximum absolute atomic E-state index is 12.2. The monoisotopic (exact) mass is 302 g/mol. The molecule has 7 nitrogen and oxygen atoms in total. The smallest absolute Gasteiger partial charge is 0.331 e. The van der Waals surface area contributed by atoms with E-state index in [4.69, 9.17) is 0 Å². The van der Waals surface area contributed by atoms with Crippen LogP contribution in [0.2, 0.25) is 0 Å². The van der Waals surface area contributed by atoms with Gasteiger partial charge in [-0.25, -0.2) is 14.5 Å². The number of carbonyl (C=O) groups excluding carboxylic acids is 3. The highest BCUT2D eigenvalue weighted by Gasteiger charge is 2.36. The molecule has 116 valence electrons. The van der Waals surface area contributed by atoms with Crippen LogP contribution in [0.15, 0.2) is 24.3 Å². The van der Waals surface area contributed by atoms with E-state index in [1.807, 2.05) is 6.92 Å². The molecule has 5 amide bonds. The van der Waals surface area contributed by atoms with E-state index in [9.17, 15) is 14.4 Å². The molecule has 0 spiro atoms. The minimum atomic E-state index is -0.312. The Hall–Kier alpha value is -2.57. The van der Waals surface area contributed by atoms with Crippen molar-refractivity contribution in [2.75, 3.05) is 36.0 Å². The van der Waals surface area contributed by atoms with Gasteiger partial charge in [-0.2, -0.15) is 0 Å². The lowest BCUT2D eigenvalue weighted by Crippen LogP contribution is -2.46. The van der Waals surface area contributed by atoms with E-state index in [2.05, 4.69) is 5.32 Å². The van der Waals surface area contributed by atoms with E-state index in [1.165, 1.54) is 9.80 Å². The number of likely N-dealkylation sites (N-methyl/N-ethyl adjacent to an activating group) is 1. The van der Waals surface area contributed by atoms with Gasteiger partial charge in [0.15, 0.2) is 0 Å². The van der Waals surface area contributed by atoms with Crippen molar-refractivity contribution in [2.24, 2.45) is 0 Å². The summed E-state index contributed by atoms with van der Waals surface area (Å²) in [7, 11) is 0. The van der Waals surface area contributed by atoms with Gasteiger partial charge in [0, 0.05) is 25.3 Å². The van der Waals surface area contributed by atoms with Crippen LogP contribution in [-0.4, -0.2) is 49.0 Å². The zero-order chi connectivity index (χ0) is 15.7. The van der Waals surface area contributed by atoms with Crippen molar-refractivity contribution in [3.8, 4) is 0 Å². The third-order valence-corrected chi connectivity index (χ3v) is 3.90. The van der Waals surface area contributed by atoms with Crippen LogP contribution < -0.4 is 15.1 Å². The van der Waals surface area contributed by atoms with Crippen molar-refractivity contribution < 1.29 is 14.4 Å². The van der Waals surface area contributed by atoms with Gasteiger partial charge in [-0.3, -0.25) is 9.69 Å². The van der Waals surface area contributed by atoms with Crippen molar-refractivity contribution in [3.05, 3.63) is 24.3 Å². The molecular weight excluding hydrogens is 284 g/mol. The minimum absolute atomic E-state index is 0.101. The lowest BCUT2D eigenvalue weighted by atomic mass is 10.2. The van der Waals surface area contributed by atoms with Crippen LogP contribution in [0.1, 0.15) is 13.3 Å². The Morgan fingerprint density at radius 1 is 1.18 bits per heavy atom. The average molecular weight is 302 g/mol. The zero-order valence-corrected chi connectivity index (χ0v) is 12.4. The molecule has 2 aliphatic rings. The van der Waals surface area contributed by atoms with E-state index in [1.54, 1.807) is 29.2 Å². The Kier molecular flexibility index (Phi) is 3.70. The van der Waals surface area contributed by atoms with Gasteiger partial charge in [0.25, 0.3) is 5.91 Å². The number of nitrogens with one attached hydrogen (secondary N) is 1. The highest BCUT2D eigenvalue weighted by atomic mass is 16.2. The molecule has 7 heteroatoms. The number of hydrogen-bond donors (Lipinski definition) is 1. The summed E-state index contributed by atoms with van der Waals surface area (Å²) in [5.74, 6) is -0.243. The van der Waals surface area contributed by atoms with Crippen LogP contribution >= 0.6 is 0 Å². The van der Waals surface area contributed by atoms with Gasteiger partial charge in [-0.15, -0.1) is 0 Å². The van der Waals surface area contributed by atoms with Crippen molar-refractivity contribution in [2.45, 2.75) is 13.3 Å². The number of benzene rings is 1. The maximum Gasteiger partial charge on any atom is 0.331 e. The average Bonchev–Trinajstić information content (AvgIpc) is 2.82. The Bertz CT molecular complexity index is 631. The number of amides is 5. The Morgan fingerprint density at radius 2 is 1.95 bits per heavy atom. The number of anilines is 2. The van der Waals surface area contributed by atoms with Crippen LogP contribution in [-0.2, 0) is 4.79 Å². The number of imide groups is 1. The van der Waals surface area contributed by atoms with Crippen molar-refractivity contribution in [1.82, 2.24) is 10.2 Å². The predicted octanol–water partition coefficient (Wildman–Crippen LogP) is 1.39. The summed E-state index contributed by atoms with van der Waals surface area (Å²) in [6.07, 6.45) is 0.862. The third-order valence-electron chi connectivity index (χ3n) is 3.90. The van der Waals surface area contributed by atoms with Crippen molar-refractivity contribution in [3.63, 3.8) is 0 Å². The van der Waals surface area contributed by atoms with Crippen LogP contribution in [0.25, 0.3) is 0 Å². The van der Waals surface area contributed by atoms with Crippen LogP contribution in [0.3, 0.4) is 0 Å². The number of nitrogens with zero attached hydrogens (tertiary/aromatic N) is 3. The molecule has 0 saturated carbocycles. The lowest BCUT2D eigenvalue weighted by molar-refractivity contribution is -0.116. The predicted molar refractivity (Wildman–Crippen MR) is 81.9 cm³/mol. The van der Waals surface area contributed by atoms with E-state index in [0.29, 0.717) is 31.0 Å². The first kappa shape index (κ1) is 14.4. The standard InChI is InChI=1S/C15H18N4O3/c1-2-17-10-13(20)19(15(17)22)12-6-3-5-11(9-12)18-8-4-7-16-14(18)21/h3,5-6,9H,2,4,7-8,10H2,1H3,(H,16,21). The molecular formula is C15H18N4O3. The van der Waals surface area contributed by atoms with E-state index >= 15 is 0 Å². The molecule has 0 atom stereocenters. The molecule has 0 aliphatic carbocycles. The van der Waals surface area contributed by atoms with Crippen LogP contribution in [0.5, 0.6) is 0 Å². The Morgan fingerprint density at radius 3 is 2.64 bits per heavy atom. The van der Waals surface area contributed by atoms with Crippen molar-refractivity contribution >= 4 is 29.3 Å². The summed E-state index contributed by atoms with van der Waals surface area (Å²) in [5, 5.41) is 2.78. The minimum Gasteiger partial charge on any atom is -0.338 e. The number of hydrogen-bond acceptors (Lipinski definition) is 3. The summed E-state index contributed by atoms with van der Waals surface area (Å²) >= 11 is 0. The fourth-order valence-electron chi connectivity index (χ4n) is 2.73. The number of carbonyl (C=O) groups is 3. The highest BCUT2D eigenvalue weighted by Crippen LogP contribution is 2.27. The van der Waals surface area contributed by atoms with E-state index in [0.717, 1.165) is 6.42 Å². The molecule has 0 unspecified atom stereocenters. The molecule has 22 heavy (non-hydrogen) atoms. The first-order valence-electron chi connectivity index (χ1n) is 7.39. The fourth-order valence-corrected chi connectivity index (χ4v) is 2.73. The van der Waals surface area contributed by atoms with Gasteiger partial charge >= 0.3 is 12.1 Å². The van der Waals surface area contributed by atoms with E-state index in [-0.39, 0.29) is 24.5 Å². The normalized spacial score (nSPS) is 19.0. The number of urea groups is 2. The Balaban J connectivity index is 1.89. The molecule has 1 aromatic carbocycles. The second-order valence-electron chi connectivity index (χ2n) is 5.28. The lowest BCUT2D eigenvalue weighted by Gasteiger charge is -2.28. The first-order valence-corrected chi connectivity index (χ1v) is 7.39.